The highest BCUT2D eigenvalue weighted by atomic mass is 16.3. The van der Waals surface area contributed by atoms with E-state index in [9.17, 15) is 0 Å². The molecular weight excluding hydrogens is 436 g/mol. The third kappa shape index (κ3) is 2.77. The van der Waals surface area contributed by atoms with Gasteiger partial charge in [0.15, 0.2) is 0 Å². The fourth-order valence-electron chi connectivity index (χ4n) is 6.04. The summed E-state index contributed by atoms with van der Waals surface area (Å²) in [7, 11) is 0. The first-order valence-corrected chi connectivity index (χ1v) is 12.5. The molecule has 7 aromatic rings. The fourth-order valence-corrected chi connectivity index (χ4v) is 6.04. The van der Waals surface area contributed by atoms with Crippen LogP contribution in [0.15, 0.2) is 120 Å². The van der Waals surface area contributed by atoms with E-state index in [0.29, 0.717) is 0 Å². The molecule has 0 radical (unpaired) electrons. The Labute approximate surface area is 208 Å². The minimum Gasteiger partial charge on any atom is -0.460 e. The zero-order valence-corrected chi connectivity index (χ0v) is 19.7. The molecule has 0 amide bonds. The van der Waals surface area contributed by atoms with Crippen molar-refractivity contribution in [3.05, 3.63) is 127 Å². The van der Waals surface area contributed by atoms with Gasteiger partial charge in [-0.15, -0.1) is 0 Å². The molecule has 0 bridgehead atoms. The van der Waals surface area contributed by atoms with Crippen LogP contribution < -0.4 is 0 Å². The standard InChI is InChI=1S/C35H22O/c1-2-9-23-20-24(17-16-22(23)8-1)34-27-10-3-5-12-29(27)35(30-13-6-4-11-28(30)34)25-18-19-33-31(21-25)26-14-7-15-32(26)36-33/h1-14,16-21H,15H2. The first-order chi connectivity index (χ1) is 17.8. The van der Waals surface area contributed by atoms with Crippen molar-refractivity contribution < 1.29 is 4.42 Å². The van der Waals surface area contributed by atoms with Crippen molar-refractivity contribution in [3.8, 4) is 22.3 Å². The van der Waals surface area contributed by atoms with Gasteiger partial charge in [0.2, 0.25) is 0 Å². The lowest BCUT2D eigenvalue weighted by Gasteiger charge is -2.18. The van der Waals surface area contributed by atoms with Crippen molar-refractivity contribution in [2.24, 2.45) is 0 Å². The monoisotopic (exact) mass is 458 g/mol. The zero-order valence-electron chi connectivity index (χ0n) is 19.7. The van der Waals surface area contributed by atoms with Crippen LogP contribution in [0.1, 0.15) is 11.3 Å². The van der Waals surface area contributed by atoms with Gasteiger partial charge in [0.05, 0.1) is 0 Å². The maximum atomic E-state index is 6.13. The van der Waals surface area contributed by atoms with Crippen LogP contribution in [0.25, 0.3) is 71.6 Å². The Hall–Kier alpha value is -4.62. The molecule has 0 fully saturated rings. The molecule has 0 aliphatic heterocycles. The van der Waals surface area contributed by atoms with Crippen molar-refractivity contribution >= 4 is 49.4 Å². The quantitative estimate of drug-likeness (QED) is 0.235. The first kappa shape index (κ1) is 19.7. The summed E-state index contributed by atoms with van der Waals surface area (Å²) >= 11 is 0. The summed E-state index contributed by atoms with van der Waals surface area (Å²) in [6.45, 7) is 0. The van der Waals surface area contributed by atoms with Gasteiger partial charge in [0.25, 0.3) is 0 Å². The van der Waals surface area contributed by atoms with Crippen LogP contribution in [0, 0.1) is 0 Å². The number of fused-ring (bicyclic) bond motifs is 6. The number of benzene rings is 6. The molecule has 1 heterocycles. The van der Waals surface area contributed by atoms with E-state index in [1.165, 1.54) is 65.5 Å². The summed E-state index contributed by atoms with van der Waals surface area (Å²) < 4.78 is 6.13. The molecule has 0 saturated heterocycles. The van der Waals surface area contributed by atoms with Crippen LogP contribution in [0.3, 0.4) is 0 Å². The van der Waals surface area contributed by atoms with Gasteiger partial charge in [-0.3, -0.25) is 0 Å². The van der Waals surface area contributed by atoms with Gasteiger partial charge >= 0.3 is 0 Å². The van der Waals surface area contributed by atoms with Crippen LogP contribution in [-0.2, 0) is 6.42 Å². The maximum Gasteiger partial charge on any atom is 0.134 e. The fraction of sp³-hybridized carbons (Fsp3) is 0.0286. The predicted octanol–water partition coefficient (Wildman–Crippen LogP) is 9.80. The van der Waals surface area contributed by atoms with E-state index in [4.69, 9.17) is 4.42 Å². The van der Waals surface area contributed by atoms with Gasteiger partial charge in [-0.2, -0.15) is 0 Å². The van der Waals surface area contributed by atoms with Crippen LogP contribution in [0.4, 0.5) is 0 Å². The lowest BCUT2D eigenvalue weighted by atomic mass is 9.85. The van der Waals surface area contributed by atoms with Crippen LogP contribution in [0.2, 0.25) is 0 Å². The molecule has 0 unspecified atom stereocenters. The van der Waals surface area contributed by atoms with E-state index in [1.807, 2.05) is 0 Å². The van der Waals surface area contributed by atoms with Crippen molar-refractivity contribution in [3.63, 3.8) is 0 Å². The summed E-state index contributed by atoms with van der Waals surface area (Å²) in [4.78, 5) is 0. The molecule has 36 heavy (non-hydrogen) atoms. The molecule has 0 atom stereocenters. The third-order valence-corrected chi connectivity index (χ3v) is 7.65. The van der Waals surface area contributed by atoms with Crippen molar-refractivity contribution in [2.45, 2.75) is 6.42 Å². The average Bonchev–Trinajstić information content (AvgIpc) is 3.53. The van der Waals surface area contributed by atoms with Gasteiger partial charge in [-0.25, -0.2) is 0 Å². The smallest absolute Gasteiger partial charge is 0.134 e. The van der Waals surface area contributed by atoms with E-state index >= 15 is 0 Å². The minimum absolute atomic E-state index is 0.881. The molecule has 8 rings (SSSR count). The van der Waals surface area contributed by atoms with Gasteiger partial charge in [0.1, 0.15) is 11.3 Å². The average molecular weight is 459 g/mol. The number of hydrogen-bond donors (Lipinski definition) is 0. The number of hydrogen-bond acceptors (Lipinski definition) is 1. The summed E-state index contributed by atoms with van der Waals surface area (Å²) in [6, 6.07) is 39.8. The zero-order chi connectivity index (χ0) is 23.6. The normalized spacial score (nSPS) is 12.8. The van der Waals surface area contributed by atoms with Crippen LogP contribution in [-0.4, -0.2) is 0 Å². The molecule has 168 valence electrons. The second-order valence-corrected chi connectivity index (χ2v) is 9.66. The molecule has 1 aliphatic carbocycles. The second kappa shape index (κ2) is 7.44. The Morgan fingerprint density at radius 3 is 1.78 bits per heavy atom. The van der Waals surface area contributed by atoms with Crippen LogP contribution in [0.5, 0.6) is 0 Å². The Bertz CT molecular complexity index is 1960. The summed E-state index contributed by atoms with van der Waals surface area (Å²) in [5.74, 6) is 1.07. The van der Waals surface area contributed by atoms with Gasteiger partial charge in [0, 0.05) is 17.4 Å². The second-order valence-electron chi connectivity index (χ2n) is 9.66. The van der Waals surface area contributed by atoms with E-state index in [1.54, 1.807) is 0 Å². The topological polar surface area (TPSA) is 13.1 Å². The van der Waals surface area contributed by atoms with Gasteiger partial charge in [-0.1, -0.05) is 103 Å². The molecule has 0 spiro atoms. The van der Waals surface area contributed by atoms with E-state index < -0.39 is 0 Å². The molecular formula is C35H22O. The van der Waals surface area contributed by atoms with E-state index in [-0.39, 0.29) is 0 Å². The summed E-state index contributed by atoms with van der Waals surface area (Å²) in [5.41, 5.74) is 7.25. The molecule has 1 aromatic heterocycles. The number of rotatable bonds is 2. The lowest BCUT2D eigenvalue weighted by molar-refractivity contribution is 0.567. The van der Waals surface area contributed by atoms with Gasteiger partial charge in [-0.05, 0) is 72.8 Å². The SMILES string of the molecule is C1=Cc2c(oc3ccc(-c4c5ccccc5c(-c5ccc6ccccc6c5)c5ccccc45)cc23)C1. The lowest BCUT2D eigenvalue weighted by Crippen LogP contribution is -1.91. The largest absolute Gasteiger partial charge is 0.460 e. The molecule has 1 nitrogen and oxygen atoms in total. The van der Waals surface area contributed by atoms with Crippen molar-refractivity contribution in [1.29, 1.82) is 0 Å². The Balaban J connectivity index is 1.48. The molecule has 6 aromatic carbocycles. The summed E-state index contributed by atoms with van der Waals surface area (Å²) in [6.07, 6.45) is 5.26. The Morgan fingerprint density at radius 1 is 0.500 bits per heavy atom. The van der Waals surface area contributed by atoms with E-state index in [2.05, 4.69) is 121 Å². The third-order valence-electron chi connectivity index (χ3n) is 7.65. The number of allylic oxidation sites excluding steroid dienone is 1. The van der Waals surface area contributed by atoms with Crippen molar-refractivity contribution in [2.75, 3.05) is 0 Å². The van der Waals surface area contributed by atoms with Gasteiger partial charge < -0.3 is 4.42 Å². The molecule has 1 aliphatic rings. The highest BCUT2D eigenvalue weighted by Gasteiger charge is 2.19. The van der Waals surface area contributed by atoms with Crippen LogP contribution >= 0.6 is 0 Å². The molecule has 0 N–H and O–H groups in total. The highest BCUT2D eigenvalue weighted by molar-refractivity contribution is 6.22. The first-order valence-electron chi connectivity index (χ1n) is 12.5. The minimum atomic E-state index is 0.881. The number of furan rings is 1. The molecule has 1 heteroatoms. The Kier molecular flexibility index (Phi) is 4.06. The maximum absolute atomic E-state index is 6.13. The van der Waals surface area contributed by atoms with E-state index in [0.717, 1.165) is 17.8 Å². The molecule has 0 saturated carbocycles. The summed E-state index contributed by atoms with van der Waals surface area (Å²) in [5, 5.41) is 8.82. The van der Waals surface area contributed by atoms with Crippen molar-refractivity contribution in [1.82, 2.24) is 0 Å². The Morgan fingerprint density at radius 2 is 1.08 bits per heavy atom. The highest BCUT2D eigenvalue weighted by Crippen LogP contribution is 2.45. The predicted molar refractivity (Wildman–Crippen MR) is 152 cm³/mol.